The zero-order valence-corrected chi connectivity index (χ0v) is 12.4. The van der Waals surface area contributed by atoms with Crippen molar-refractivity contribution in [1.29, 1.82) is 0 Å². The Bertz CT molecular complexity index is 813. The van der Waals surface area contributed by atoms with Crippen LogP contribution in [0.1, 0.15) is 24.7 Å². The summed E-state index contributed by atoms with van der Waals surface area (Å²) in [4.78, 5) is 8.84. The van der Waals surface area contributed by atoms with Gasteiger partial charge < -0.3 is 10.1 Å². The van der Waals surface area contributed by atoms with E-state index in [0.29, 0.717) is 0 Å². The molecule has 4 rings (SSSR count). The molecular formula is C16H17N5O. The van der Waals surface area contributed by atoms with Crippen molar-refractivity contribution in [3.63, 3.8) is 0 Å². The first-order valence-electron chi connectivity index (χ1n) is 7.43. The van der Waals surface area contributed by atoms with Crippen LogP contribution in [0.25, 0.3) is 10.9 Å². The molecule has 3 heterocycles. The largest absolute Gasteiger partial charge is 0.494 e. The number of para-hydroxylation sites is 1. The molecule has 2 aromatic heterocycles. The number of hydrogen-bond acceptors (Lipinski definition) is 5. The predicted molar refractivity (Wildman–Crippen MR) is 83.9 cm³/mol. The lowest BCUT2D eigenvalue weighted by Crippen LogP contribution is -2.22. The van der Waals surface area contributed by atoms with Crippen LogP contribution in [0.15, 0.2) is 36.8 Å². The van der Waals surface area contributed by atoms with Gasteiger partial charge in [-0.05, 0) is 25.0 Å². The van der Waals surface area contributed by atoms with Gasteiger partial charge in [0.1, 0.15) is 23.4 Å². The van der Waals surface area contributed by atoms with Gasteiger partial charge in [0, 0.05) is 23.8 Å². The highest BCUT2D eigenvalue weighted by Crippen LogP contribution is 2.32. The molecule has 0 bridgehead atoms. The second kappa shape index (κ2) is 5.29. The summed E-state index contributed by atoms with van der Waals surface area (Å²) < 4.78 is 7.38. The lowest BCUT2D eigenvalue weighted by atomic mass is 10.1. The van der Waals surface area contributed by atoms with E-state index in [2.05, 4.69) is 26.4 Å². The molecule has 1 atom stereocenters. The summed E-state index contributed by atoms with van der Waals surface area (Å²) in [5.74, 6) is 1.78. The molecule has 1 aliphatic rings. The molecule has 6 nitrogen and oxygen atoms in total. The van der Waals surface area contributed by atoms with Gasteiger partial charge in [0.25, 0.3) is 0 Å². The smallest absolute Gasteiger partial charge is 0.149 e. The molecule has 1 N–H and O–H groups in total. The van der Waals surface area contributed by atoms with Gasteiger partial charge in [0.2, 0.25) is 0 Å². The van der Waals surface area contributed by atoms with E-state index in [1.54, 1.807) is 19.6 Å². The summed E-state index contributed by atoms with van der Waals surface area (Å²) in [5, 5.41) is 8.92. The number of ether oxygens (including phenoxy) is 1. The molecule has 6 heteroatoms. The first-order chi connectivity index (χ1) is 10.9. The third-order valence-electron chi connectivity index (χ3n) is 4.10. The summed E-state index contributed by atoms with van der Waals surface area (Å²) in [6.07, 6.45) is 5.58. The fourth-order valence-electron chi connectivity index (χ4n) is 3.05. The second-order valence-corrected chi connectivity index (χ2v) is 5.40. The fraction of sp³-hybridized carbons (Fsp3) is 0.312. The van der Waals surface area contributed by atoms with Crippen LogP contribution in [0, 0.1) is 0 Å². The monoisotopic (exact) mass is 295 g/mol. The Morgan fingerprint density at radius 3 is 3.14 bits per heavy atom. The number of hydrogen-bond donors (Lipinski definition) is 1. The fourth-order valence-corrected chi connectivity index (χ4v) is 3.05. The highest BCUT2D eigenvalue weighted by molar-refractivity contribution is 5.94. The average Bonchev–Trinajstić information content (AvgIpc) is 3.04. The maximum atomic E-state index is 5.40. The molecular weight excluding hydrogens is 278 g/mol. The molecule has 112 valence electrons. The van der Waals surface area contributed by atoms with E-state index < -0.39 is 0 Å². The van der Waals surface area contributed by atoms with E-state index in [-0.39, 0.29) is 6.04 Å². The second-order valence-electron chi connectivity index (χ2n) is 5.40. The Labute approximate surface area is 128 Å². The minimum absolute atomic E-state index is 0.174. The number of nitrogens with one attached hydrogen (secondary N) is 1. The lowest BCUT2D eigenvalue weighted by Gasteiger charge is -2.24. The molecule has 0 fully saturated rings. The van der Waals surface area contributed by atoms with Crippen molar-refractivity contribution in [3.8, 4) is 5.75 Å². The highest BCUT2D eigenvalue weighted by Gasteiger charge is 2.22. The van der Waals surface area contributed by atoms with E-state index in [4.69, 9.17) is 4.74 Å². The van der Waals surface area contributed by atoms with Crippen molar-refractivity contribution in [2.24, 2.45) is 0 Å². The molecule has 0 aliphatic carbocycles. The van der Waals surface area contributed by atoms with Gasteiger partial charge >= 0.3 is 0 Å². The Balaban J connectivity index is 1.74. The molecule has 1 aliphatic heterocycles. The topological polar surface area (TPSA) is 64.9 Å². The van der Waals surface area contributed by atoms with E-state index >= 15 is 0 Å². The van der Waals surface area contributed by atoms with Crippen LogP contribution in [0.5, 0.6) is 5.75 Å². The van der Waals surface area contributed by atoms with Crippen molar-refractivity contribution in [2.45, 2.75) is 25.4 Å². The maximum Gasteiger partial charge on any atom is 0.149 e. The number of methoxy groups -OCH3 is 1. The lowest BCUT2D eigenvalue weighted by molar-refractivity contribution is 0.419. The van der Waals surface area contributed by atoms with Crippen LogP contribution in [-0.4, -0.2) is 26.9 Å². The minimum Gasteiger partial charge on any atom is -0.494 e. The van der Waals surface area contributed by atoms with Gasteiger partial charge in [-0.15, -0.1) is 0 Å². The Hall–Kier alpha value is -2.63. The SMILES string of the molecule is COc1cccc2c(NC3CCCn4ncnc43)ccnc12. The Morgan fingerprint density at radius 2 is 2.23 bits per heavy atom. The molecule has 1 aromatic carbocycles. The number of anilines is 1. The van der Waals surface area contributed by atoms with Gasteiger partial charge in [-0.2, -0.15) is 5.10 Å². The summed E-state index contributed by atoms with van der Waals surface area (Å²) in [7, 11) is 1.67. The first kappa shape index (κ1) is 13.1. The minimum atomic E-state index is 0.174. The summed E-state index contributed by atoms with van der Waals surface area (Å²) in [6, 6.07) is 8.14. The van der Waals surface area contributed by atoms with Crippen LogP contribution >= 0.6 is 0 Å². The number of benzene rings is 1. The number of aryl methyl sites for hydroxylation is 1. The normalized spacial score (nSPS) is 17.2. The first-order valence-corrected chi connectivity index (χ1v) is 7.43. The number of rotatable bonds is 3. The zero-order chi connectivity index (χ0) is 14.9. The standard InChI is InChI=1S/C16H17N5O/c1-22-14-6-2-4-11-12(7-8-17-15(11)14)20-13-5-3-9-21-16(13)18-10-19-21/h2,4,6-8,10,13H,3,5,9H2,1H3,(H,17,20). The maximum absolute atomic E-state index is 5.40. The third-order valence-corrected chi connectivity index (χ3v) is 4.10. The Kier molecular flexibility index (Phi) is 3.14. The van der Waals surface area contributed by atoms with Gasteiger partial charge in [-0.1, -0.05) is 12.1 Å². The van der Waals surface area contributed by atoms with Gasteiger partial charge in [0.05, 0.1) is 13.2 Å². The summed E-state index contributed by atoms with van der Waals surface area (Å²) >= 11 is 0. The summed E-state index contributed by atoms with van der Waals surface area (Å²) in [5.41, 5.74) is 1.91. The van der Waals surface area contributed by atoms with Gasteiger partial charge in [-0.25, -0.2) is 9.67 Å². The average molecular weight is 295 g/mol. The van der Waals surface area contributed by atoms with Crippen LogP contribution in [-0.2, 0) is 6.54 Å². The molecule has 1 unspecified atom stereocenters. The molecule has 22 heavy (non-hydrogen) atoms. The number of pyridine rings is 1. The van der Waals surface area contributed by atoms with Crippen molar-refractivity contribution in [3.05, 3.63) is 42.6 Å². The predicted octanol–water partition coefficient (Wildman–Crippen LogP) is 2.78. The van der Waals surface area contributed by atoms with E-state index in [0.717, 1.165) is 47.6 Å². The molecule has 0 amide bonds. The van der Waals surface area contributed by atoms with Crippen molar-refractivity contribution >= 4 is 16.6 Å². The van der Waals surface area contributed by atoms with E-state index in [9.17, 15) is 0 Å². The van der Waals surface area contributed by atoms with Crippen LogP contribution in [0.3, 0.4) is 0 Å². The highest BCUT2D eigenvalue weighted by atomic mass is 16.5. The Morgan fingerprint density at radius 1 is 1.27 bits per heavy atom. The number of nitrogens with zero attached hydrogens (tertiary/aromatic N) is 4. The molecule has 0 saturated carbocycles. The van der Waals surface area contributed by atoms with Crippen molar-refractivity contribution < 1.29 is 4.74 Å². The van der Waals surface area contributed by atoms with Gasteiger partial charge in [-0.3, -0.25) is 4.98 Å². The number of fused-ring (bicyclic) bond motifs is 2. The van der Waals surface area contributed by atoms with Crippen LogP contribution in [0.4, 0.5) is 5.69 Å². The van der Waals surface area contributed by atoms with E-state index in [1.807, 2.05) is 22.9 Å². The van der Waals surface area contributed by atoms with Crippen molar-refractivity contribution in [2.75, 3.05) is 12.4 Å². The summed E-state index contributed by atoms with van der Waals surface area (Å²) in [6.45, 7) is 0.943. The van der Waals surface area contributed by atoms with Crippen LogP contribution < -0.4 is 10.1 Å². The van der Waals surface area contributed by atoms with Gasteiger partial charge in [0.15, 0.2) is 0 Å². The van der Waals surface area contributed by atoms with Crippen molar-refractivity contribution in [1.82, 2.24) is 19.7 Å². The molecule has 0 saturated heterocycles. The quantitative estimate of drug-likeness (QED) is 0.805. The number of aromatic nitrogens is 4. The molecule has 0 radical (unpaired) electrons. The molecule has 3 aromatic rings. The third kappa shape index (κ3) is 2.07. The molecule has 0 spiro atoms. The van der Waals surface area contributed by atoms with E-state index in [1.165, 1.54) is 0 Å². The zero-order valence-electron chi connectivity index (χ0n) is 12.4. The van der Waals surface area contributed by atoms with Crippen LogP contribution in [0.2, 0.25) is 0 Å².